The minimum Gasteiger partial charge on any atom is -0.670 e. The maximum absolute atomic E-state index is 15.1. The molecule has 0 bridgehead atoms. The maximum atomic E-state index is 15.1. The number of benzene rings is 5. The lowest BCUT2D eigenvalue weighted by atomic mass is 9.80. The van der Waals surface area contributed by atoms with Crippen molar-refractivity contribution >= 4 is 38.1 Å². The number of nitrogens with zero attached hydrogens (tertiary/aromatic N) is 1. The summed E-state index contributed by atoms with van der Waals surface area (Å²) in [6.45, 7) is 4.72. The maximum Gasteiger partial charge on any atom is 0.167 e. The number of ketones is 1. The molecule has 1 aliphatic heterocycles. The number of aromatic nitrogens is 1. The van der Waals surface area contributed by atoms with E-state index in [1.165, 1.54) is 27.2 Å². The van der Waals surface area contributed by atoms with Crippen LogP contribution in [0.4, 0.5) is 0 Å². The van der Waals surface area contributed by atoms with Gasteiger partial charge in [0, 0.05) is 54.5 Å². The van der Waals surface area contributed by atoms with Gasteiger partial charge in [-0.15, -0.1) is 0 Å². The van der Waals surface area contributed by atoms with Crippen LogP contribution in [-0.2, 0) is 49.2 Å². The fourth-order valence-electron chi connectivity index (χ4n) is 9.03. The number of rotatable bonds is 17. The molecule has 344 valence electrons. The van der Waals surface area contributed by atoms with Gasteiger partial charge in [-0.2, -0.15) is 12.4 Å². The Kier molecular flexibility index (Phi) is 16.1. The van der Waals surface area contributed by atoms with Crippen LogP contribution in [0.15, 0.2) is 97.3 Å². The zero-order valence-corrected chi connectivity index (χ0v) is 39.1. The van der Waals surface area contributed by atoms with Gasteiger partial charge in [-0.3, -0.25) is 10.1 Å². The Hall–Kier alpha value is -5.15. The van der Waals surface area contributed by atoms with Crippen molar-refractivity contribution in [2.75, 3.05) is 33.2 Å². The number of ether oxygens (including phenoxy) is 2. The van der Waals surface area contributed by atoms with E-state index in [4.69, 9.17) is 9.47 Å². The Labute approximate surface area is 389 Å². The summed E-state index contributed by atoms with van der Waals surface area (Å²) in [7, 11) is 6.42. The number of carbonyl (C=O) groups excluding carboxylic acids is 1. The summed E-state index contributed by atoms with van der Waals surface area (Å²) in [5.41, 5.74) is 6.92. The highest BCUT2D eigenvalue weighted by atomic mass is 33.1. The third-order valence-corrected chi connectivity index (χ3v) is 14.9. The molecule has 0 amide bonds. The second-order valence-electron chi connectivity index (χ2n) is 17.3. The van der Waals surface area contributed by atoms with Crippen LogP contribution >= 0.6 is 21.6 Å². The van der Waals surface area contributed by atoms with Crippen LogP contribution in [0.5, 0.6) is 28.7 Å². The number of nitrogens with one attached hydrogen (secondary N) is 2. The molecule has 7 N–H and O–H groups in total. The number of aliphatic hydroxyl groups is 2. The van der Waals surface area contributed by atoms with Crippen molar-refractivity contribution in [1.29, 1.82) is 0 Å². The number of aromatic hydroxyl groups is 3. The Morgan fingerprint density at radius 3 is 2.48 bits per heavy atom. The van der Waals surface area contributed by atoms with E-state index in [1.807, 2.05) is 43.4 Å². The number of carbonyl (C=O) groups is 1. The van der Waals surface area contributed by atoms with Crippen molar-refractivity contribution in [2.24, 2.45) is 5.92 Å². The van der Waals surface area contributed by atoms with Gasteiger partial charge < -0.3 is 45.3 Å². The monoisotopic (exact) mass is 918 g/mol. The number of hydrogen-bond donors (Lipinski definition) is 7. The standard InChI is InChI=1S/C52H60N3O8S2/c1-5-34-10-11-35-8-6-7-9-41(35)42(34)24-44-36(12-14-46(57)50(44)62-4)21-39(18-32-16-17-54-27-32)48(59)25-49(60)43(38-19-33(26-53-3)20-40(56)22-38)23-37-13-15-47(58)51-45(37)28-64-65-30-52(2,61)29-55-31-63-51/h6-17,19-20,22,27,39,43,48,53,55-59,61H,5,18,21,23-26,28-31H2,1-4H3/q-1. The highest BCUT2D eigenvalue weighted by molar-refractivity contribution is 8.76. The summed E-state index contributed by atoms with van der Waals surface area (Å²) in [6.07, 6.45) is 4.54. The molecule has 7 rings (SSSR count). The van der Waals surface area contributed by atoms with Gasteiger partial charge in [0.15, 0.2) is 23.0 Å². The zero-order chi connectivity index (χ0) is 46.1. The third kappa shape index (κ3) is 11.8. The van der Waals surface area contributed by atoms with E-state index in [9.17, 15) is 25.5 Å². The van der Waals surface area contributed by atoms with Crippen LogP contribution in [0.3, 0.4) is 0 Å². The van der Waals surface area contributed by atoms with E-state index in [2.05, 4.69) is 46.8 Å². The summed E-state index contributed by atoms with van der Waals surface area (Å²) in [5.74, 6) is 0.151. The minimum absolute atomic E-state index is 0.0253. The molecule has 2 heterocycles. The number of Topliss-reactive ketones (excluding diaryl/α,β-unsaturated/α-hetero) is 1. The van der Waals surface area contributed by atoms with Crippen molar-refractivity contribution < 1.29 is 39.8 Å². The lowest BCUT2D eigenvalue weighted by molar-refractivity contribution is -0.123. The van der Waals surface area contributed by atoms with Gasteiger partial charge in [-0.1, -0.05) is 94.7 Å². The van der Waals surface area contributed by atoms with Gasteiger partial charge in [0.1, 0.15) is 18.3 Å². The third-order valence-electron chi connectivity index (χ3n) is 12.4. The Morgan fingerprint density at radius 2 is 1.71 bits per heavy atom. The molecule has 0 saturated carbocycles. The fourth-order valence-corrected chi connectivity index (χ4v) is 11.6. The van der Waals surface area contributed by atoms with Gasteiger partial charge in [0.25, 0.3) is 0 Å². The number of β-amino-alcohol motifs (C(OH)–C–C–N with tert-alkyl or cyclic N) is 1. The SMILES string of the molecule is CCc1ccc2ccccc2c1Cc1c(CC(Cc2cc[n-]c2)C(O)CC(=O)C(Cc2ccc(O)c3c2CSSCC(C)(O)CNCO3)c2cc(O)cc(CNC)c2)ccc(O)c1OC. The first-order valence-corrected chi connectivity index (χ1v) is 24.6. The molecular formula is C52H60N3O8S2-. The number of methoxy groups -OCH3 is 1. The first-order chi connectivity index (χ1) is 31.4. The molecule has 65 heavy (non-hydrogen) atoms. The van der Waals surface area contributed by atoms with Crippen LogP contribution in [0.1, 0.15) is 76.3 Å². The summed E-state index contributed by atoms with van der Waals surface area (Å²) in [5, 5.41) is 65.0. The number of phenols is 3. The average molecular weight is 919 g/mol. The Balaban J connectivity index is 1.25. The molecule has 0 radical (unpaired) electrons. The van der Waals surface area contributed by atoms with Crippen LogP contribution in [-0.4, -0.2) is 76.2 Å². The molecule has 0 aliphatic carbocycles. The molecule has 0 saturated heterocycles. The van der Waals surface area contributed by atoms with Crippen molar-refractivity contribution in [3.63, 3.8) is 0 Å². The van der Waals surface area contributed by atoms with E-state index in [-0.39, 0.29) is 42.6 Å². The van der Waals surface area contributed by atoms with Crippen LogP contribution < -0.4 is 25.1 Å². The van der Waals surface area contributed by atoms with E-state index in [0.717, 1.165) is 56.1 Å². The number of aliphatic hydroxyl groups excluding tert-OH is 1. The van der Waals surface area contributed by atoms with Gasteiger partial charge >= 0.3 is 0 Å². The molecule has 5 aromatic carbocycles. The first-order valence-electron chi connectivity index (χ1n) is 22.1. The van der Waals surface area contributed by atoms with E-state index < -0.39 is 23.5 Å². The van der Waals surface area contributed by atoms with Crippen LogP contribution in [0, 0.1) is 5.92 Å². The second-order valence-corrected chi connectivity index (χ2v) is 19.8. The van der Waals surface area contributed by atoms with Crippen LogP contribution in [0.2, 0.25) is 0 Å². The summed E-state index contributed by atoms with van der Waals surface area (Å²) >= 11 is 0. The van der Waals surface area contributed by atoms with Crippen molar-refractivity contribution in [3.05, 3.63) is 147 Å². The van der Waals surface area contributed by atoms with E-state index >= 15 is 4.79 Å². The Bertz CT molecular complexity index is 2560. The van der Waals surface area contributed by atoms with E-state index in [1.54, 1.807) is 50.7 Å². The number of phenolic OH excluding ortho intramolecular Hbond substituents is 3. The normalized spacial score (nSPS) is 17.1. The largest absolute Gasteiger partial charge is 0.670 e. The van der Waals surface area contributed by atoms with Crippen LogP contribution in [0.25, 0.3) is 10.8 Å². The molecule has 0 fully saturated rings. The lowest BCUT2D eigenvalue weighted by Crippen LogP contribution is -2.41. The smallest absolute Gasteiger partial charge is 0.167 e. The summed E-state index contributed by atoms with van der Waals surface area (Å²) in [6, 6.07) is 26.6. The molecule has 6 aromatic rings. The molecular weight excluding hydrogens is 859 g/mol. The van der Waals surface area contributed by atoms with Crippen molar-refractivity contribution in [1.82, 2.24) is 15.6 Å². The lowest BCUT2D eigenvalue weighted by Gasteiger charge is -2.27. The number of fused-ring (bicyclic) bond motifs is 2. The summed E-state index contributed by atoms with van der Waals surface area (Å²) < 4.78 is 12.0. The average Bonchev–Trinajstić information content (AvgIpc) is 3.79. The quantitative estimate of drug-likeness (QED) is 0.0438. The van der Waals surface area contributed by atoms with Gasteiger partial charge in [-0.25, -0.2) is 0 Å². The second kappa shape index (κ2) is 21.9. The highest BCUT2D eigenvalue weighted by Crippen LogP contribution is 2.42. The summed E-state index contributed by atoms with van der Waals surface area (Å²) in [4.78, 5) is 19.4. The first kappa shape index (κ1) is 47.8. The van der Waals surface area contributed by atoms with Crippen molar-refractivity contribution in [2.45, 2.75) is 82.3 Å². The van der Waals surface area contributed by atoms with Crippen molar-refractivity contribution in [3.8, 4) is 28.7 Å². The molecule has 1 aliphatic rings. The molecule has 4 atom stereocenters. The van der Waals surface area contributed by atoms with Gasteiger partial charge in [-0.05, 0) is 114 Å². The molecule has 11 nitrogen and oxygen atoms in total. The van der Waals surface area contributed by atoms with Gasteiger partial charge in [0.2, 0.25) is 0 Å². The number of hydrogen-bond acceptors (Lipinski definition) is 12. The highest BCUT2D eigenvalue weighted by Gasteiger charge is 2.32. The number of aryl methyl sites for hydroxylation is 1. The predicted octanol–water partition coefficient (Wildman–Crippen LogP) is 8.11. The zero-order valence-electron chi connectivity index (χ0n) is 37.5. The molecule has 4 unspecified atom stereocenters. The Morgan fingerprint density at radius 1 is 0.923 bits per heavy atom. The topological polar surface area (TPSA) is 175 Å². The van der Waals surface area contributed by atoms with E-state index in [0.29, 0.717) is 60.9 Å². The predicted molar refractivity (Wildman–Crippen MR) is 260 cm³/mol. The molecule has 1 aromatic heterocycles. The minimum atomic E-state index is -1.10. The molecule has 13 heteroatoms. The molecule has 0 spiro atoms. The fraction of sp³-hybridized carbons (Fsp3) is 0.365. The van der Waals surface area contributed by atoms with Gasteiger partial charge in [0.05, 0.1) is 18.8 Å².